The second kappa shape index (κ2) is 10.4. The van der Waals surface area contributed by atoms with Crippen LogP contribution in [0.2, 0.25) is 0 Å². The molecule has 45 heavy (non-hydrogen) atoms. The molecular weight excluding hydrogens is 546 g/mol. The SMILES string of the molecule is c1ccc2c(c1)Cc1cccc(-c3ccc(-c4nc(-c5ccc6ccccc6c5)nc(-c5ccc6ccccc6c5)n4)cc3)c1-2. The highest BCUT2D eigenvalue weighted by Gasteiger charge is 2.21. The molecule has 0 saturated carbocycles. The van der Waals surface area contributed by atoms with Crippen LogP contribution in [0.25, 0.3) is 78.0 Å². The first kappa shape index (κ1) is 25.6. The van der Waals surface area contributed by atoms with Gasteiger partial charge >= 0.3 is 0 Å². The molecule has 0 N–H and O–H groups in total. The molecule has 0 spiro atoms. The van der Waals surface area contributed by atoms with E-state index in [2.05, 4.69) is 152 Å². The summed E-state index contributed by atoms with van der Waals surface area (Å²) in [4.78, 5) is 15.1. The van der Waals surface area contributed by atoms with Crippen LogP contribution in [0.1, 0.15) is 11.1 Å². The Kier molecular flexibility index (Phi) is 5.88. The van der Waals surface area contributed by atoms with Crippen LogP contribution in [-0.2, 0) is 6.42 Å². The summed E-state index contributed by atoms with van der Waals surface area (Å²) in [7, 11) is 0. The average molecular weight is 574 g/mol. The molecule has 0 amide bonds. The van der Waals surface area contributed by atoms with Gasteiger partial charge in [-0.05, 0) is 73.5 Å². The second-order valence-corrected chi connectivity index (χ2v) is 11.7. The van der Waals surface area contributed by atoms with Crippen LogP contribution < -0.4 is 0 Å². The Morgan fingerprint density at radius 3 is 1.44 bits per heavy atom. The predicted octanol–water partition coefficient (Wildman–Crippen LogP) is 10.4. The van der Waals surface area contributed by atoms with Crippen molar-refractivity contribution in [2.24, 2.45) is 0 Å². The summed E-state index contributed by atoms with van der Waals surface area (Å²) in [6, 6.07) is 53.6. The van der Waals surface area contributed by atoms with E-state index in [0.29, 0.717) is 17.5 Å². The smallest absolute Gasteiger partial charge is 0.164 e. The first-order chi connectivity index (χ1) is 22.3. The van der Waals surface area contributed by atoms with Gasteiger partial charge in [0.25, 0.3) is 0 Å². The van der Waals surface area contributed by atoms with E-state index >= 15 is 0 Å². The molecule has 0 unspecified atom stereocenters. The van der Waals surface area contributed by atoms with E-state index in [9.17, 15) is 0 Å². The molecule has 210 valence electrons. The summed E-state index contributed by atoms with van der Waals surface area (Å²) in [6.07, 6.45) is 0.984. The van der Waals surface area contributed by atoms with Gasteiger partial charge in [-0.15, -0.1) is 0 Å². The zero-order valence-corrected chi connectivity index (χ0v) is 24.5. The minimum absolute atomic E-state index is 0.659. The molecule has 0 saturated heterocycles. The summed E-state index contributed by atoms with van der Waals surface area (Å²) < 4.78 is 0. The van der Waals surface area contributed by atoms with Crippen molar-refractivity contribution in [1.29, 1.82) is 0 Å². The van der Waals surface area contributed by atoms with E-state index in [0.717, 1.165) is 33.9 Å². The Morgan fingerprint density at radius 2 is 0.800 bits per heavy atom. The Balaban J connectivity index is 1.17. The van der Waals surface area contributed by atoms with Gasteiger partial charge in [0, 0.05) is 16.7 Å². The fourth-order valence-electron chi connectivity index (χ4n) is 6.65. The maximum absolute atomic E-state index is 5.04. The molecule has 7 aromatic carbocycles. The third kappa shape index (κ3) is 4.49. The molecule has 0 fully saturated rings. The molecule has 0 aliphatic heterocycles. The van der Waals surface area contributed by atoms with Crippen molar-refractivity contribution in [2.45, 2.75) is 6.42 Å². The number of hydrogen-bond donors (Lipinski definition) is 0. The quantitative estimate of drug-likeness (QED) is 0.210. The van der Waals surface area contributed by atoms with Crippen molar-refractivity contribution in [2.75, 3.05) is 0 Å². The van der Waals surface area contributed by atoms with Crippen molar-refractivity contribution in [3.8, 4) is 56.4 Å². The van der Waals surface area contributed by atoms with Gasteiger partial charge in [-0.2, -0.15) is 0 Å². The minimum Gasteiger partial charge on any atom is -0.208 e. The van der Waals surface area contributed by atoms with Crippen molar-refractivity contribution in [3.63, 3.8) is 0 Å². The van der Waals surface area contributed by atoms with E-state index in [1.54, 1.807) is 0 Å². The summed E-state index contributed by atoms with van der Waals surface area (Å²) in [5.41, 5.74) is 10.8. The summed E-state index contributed by atoms with van der Waals surface area (Å²) in [6.45, 7) is 0. The molecular formula is C42H27N3. The Hall–Kier alpha value is -5.93. The zero-order chi connectivity index (χ0) is 29.7. The topological polar surface area (TPSA) is 38.7 Å². The first-order valence-corrected chi connectivity index (χ1v) is 15.3. The van der Waals surface area contributed by atoms with Crippen LogP contribution in [0.4, 0.5) is 0 Å². The molecule has 8 aromatic rings. The van der Waals surface area contributed by atoms with Crippen LogP contribution in [0.3, 0.4) is 0 Å². The molecule has 3 heteroatoms. The second-order valence-electron chi connectivity index (χ2n) is 11.7. The highest BCUT2D eigenvalue weighted by atomic mass is 15.0. The number of fused-ring (bicyclic) bond motifs is 5. The van der Waals surface area contributed by atoms with Crippen LogP contribution in [0.5, 0.6) is 0 Å². The van der Waals surface area contributed by atoms with E-state index in [1.165, 1.54) is 44.2 Å². The van der Waals surface area contributed by atoms with Crippen LogP contribution >= 0.6 is 0 Å². The van der Waals surface area contributed by atoms with Gasteiger partial charge in [0.05, 0.1) is 0 Å². The molecule has 9 rings (SSSR count). The van der Waals surface area contributed by atoms with E-state index in [4.69, 9.17) is 15.0 Å². The average Bonchev–Trinajstić information content (AvgIpc) is 3.50. The third-order valence-corrected chi connectivity index (χ3v) is 8.92. The lowest BCUT2D eigenvalue weighted by Gasteiger charge is -2.12. The monoisotopic (exact) mass is 573 g/mol. The molecule has 1 aliphatic rings. The van der Waals surface area contributed by atoms with Gasteiger partial charge in [0.15, 0.2) is 17.5 Å². The van der Waals surface area contributed by atoms with Gasteiger partial charge < -0.3 is 0 Å². The first-order valence-electron chi connectivity index (χ1n) is 15.3. The van der Waals surface area contributed by atoms with Gasteiger partial charge in [-0.1, -0.05) is 140 Å². The van der Waals surface area contributed by atoms with Crippen molar-refractivity contribution >= 4 is 21.5 Å². The molecule has 1 aromatic heterocycles. The van der Waals surface area contributed by atoms with Crippen molar-refractivity contribution < 1.29 is 0 Å². The standard InChI is InChI=1S/C42H27N3/c1-3-10-31-24-35(22-16-27(31)8-1)41-43-40(44-42(45-41)36-23-17-28-9-2-4-11-32(28)25-36)30-20-18-29(19-21-30)37-15-7-13-34-26-33-12-5-6-14-38(33)39(34)37/h1-25H,26H2. The number of hydrogen-bond acceptors (Lipinski definition) is 3. The molecule has 3 nitrogen and oxygen atoms in total. The van der Waals surface area contributed by atoms with Crippen molar-refractivity contribution in [3.05, 3.63) is 163 Å². The van der Waals surface area contributed by atoms with E-state index in [-0.39, 0.29) is 0 Å². The lowest BCUT2D eigenvalue weighted by Crippen LogP contribution is -2.00. The molecule has 1 aliphatic carbocycles. The Morgan fingerprint density at radius 1 is 0.333 bits per heavy atom. The number of aromatic nitrogens is 3. The minimum atomic E-state index is 0.659. The third-order valence-electron chi connectivity index (χ3n) is 8.92. The molecule has 0 atom stereocenters. The maximum atomic E-state index is 5.04. The highest BCUT2D eigenvalue weighted by Crippen LogP contribution is 2.43. The van der Waals surface area contributed by atoms with Crippen molar-refractivity contribution in [1.82, 2.24) is 15.0 Å². The fraction of sp³-hybridized carbons (Fsp3) is 0.0238. The molecule has 0 bridgehead atoms. The van der Waals surface area contributed by atoms with Crippen LogP contribution in [-0.4, -0.2) is 15.0 Å². The van der Waals surface area contributed by atoms with Gasteiger partial charge in [-0.25, -0.2) is 15.0 Å². The lowest BCUT2D eigenvalue weighted by atomic mass is 9.94. The Bertz CT molecular complexity index is 2310. The van der Waals surface area contributed by atoms with Gasteiger partial charge in [0.2, 0.25) is 0 Å². The number of benzene rings is 7. The zero-order valence-electron chi connectivity index (χ0n) is 24.5. The van der Waals surface area contributed by atoms with Crippen LogP contribution in [0.15, 0.2) is 152 Å². The van der Waals surface area contributed by atoms with Gasteiger partial charge in [0.1, 0.15) is 0 Å². The summed E-state index contributed by atoms with van der Waals surface area (Å²) in [5, 5.41) is 4.70. The molecule has 1 heterocycles. The van der Waals surface area contributed by atoms with E-state index < -0.39 is 0 Å². The number of rotatable bonds is 4. The highest BCUT2D eigenvalue weighted by molar-refractivity contribution is 5.91. The lowest BCUT2D eigenvalue weighted by molar-refractivity contribution is 1.08. The van der Waals surface area contributed by atoms with Crippen LogP contribution in [0, 0.1) is 0 Å². The van der Waals surface area contributed by atoms with Gasteiger partial charge in [-0.3, -0.25) is 0 Å². The summed E-state index contributed by atoms with van der Waals surface area (Å²) in [5.74, 6) is 1.98. The normalized spacial score (nSPS) is 11.9. The fourth-order valence-corrected chi connectivity index (χ4v) is 6.65. The maximum Gasteiger partial charge on any atom is 0.164 e. The Labute approximate surface area is 261 Å². The number of nitrogens with zero attached hydrogens (tertiary/aromatic N) is 3. The van der Waals surface area contributed by atoms with E-state index in [1.807, 2.05) is 0 Å². The molecule has 0 radical (unpaired) electrons. The largest absolute Gasteiger partial charge is 0.208 e. The predicted molar refractivity (Wildman–Crippen MR) is 185 cm³/mol. The summed E-state index contributed by atoms with van der Waals surface area (Å²) >= 11 is 0.